The molecular formula is C32H43N3O5. The number of ether oxygens (including phenoxy) is 2. The zero-order chi connectivity index (χ0) is 27.7. The maximum Gasteiger partial charge on any atom is 0.246 e. The van der Waals surface area contributed by atoms with Crippen molar-refractivity contribution in [2.75, 3.05) is 11.9 Å². The molecule has 1 aromatic rings. The Labute approximate surface area is 237 Å². The van der Waals surface area contributed by atoms with Crippen molar-refractivity contribution in [3.63, 3.8) is 0 Å². The van der Waals surface area contributed by atoms with Crippen molar-refractivity contribution in [1.82, 2.24) is 10.2 Å². The van der Waals surface area contributed by atoms with Crippen molar-refractivity contribution in [1.29, 1.82) is 0 Å². The summed E-state index contributed by atoms with van der Waals surface area (Å²) in [5, 5.41) is 6.32. The molecule has 40 heavy (non-hydrogen) atoms. The molecule has 2 bridgehead atoms. The number of hydrogen-bond acceptors (Lipinski definition) is 5. The van der Waals surface area contributed by atoms with Gasteiger partial charge in [0.1, 0.15) is 17.4 Å². The first-order valence-corrected chi connectivity index (χ1v) is 15.6. The number of carbonyl (C=O) groups excluding carboxylic acids is 3. The summed E-state index contributed by atoms with van der Waals surface area (Å²) in [4.78, 5) is 44.1. The van der Waals surface area contributed by atoms with Crippen LogP contribution in [0.4, 0.5) is 5.69 Å². The molecule has 0 aromatic heterocycles. The van der Waals surface area contributed by atoms with E-state index in [9.17, 15) is 14.4 Å². The Morgan fingerprint density at radius 2 is 1.60 bits per heavy atom. The number of amides is 3. The number of benzene rings is 1. The highest BCUT2D eigenvalue weighted by atomic mass is 16.5. The van der Waals surface area contributed by atoms with Crippen LogP contribution < -0.4 is 15.4 Å². The zero-order valence-electron chi connectivity index (χ0n) is 23.6. The van der Waals surface area contributed by atoms with E-state index in [2.05, 4.69) is 10.6 Å². The summed E-state index contributed by atoms with van der Waals surface area (Å²) in [6.45, 7) is 2.49. The van der Waals surface area contributed by atoms with Gasteiger partial charge < -0.3 is 25.0 Å². The predicted molar refractivity (Wildman–Crippen MR) is 152 cm³/mol. The van der Waals surface area contributed by atoms with Crippen LogP contribution in [0.3, 0.4) is 0 Å². The maximum atomic E-state index is 14.4. The summed E-state index contributed by atoms with van der Waals surface area (Å²) >= 11 is 0. The van der Waals surface area contributed by atoms with Crippen molar-refractivity contribution in [3.8, 4) is 5.75 Å². The first kappa shape index (κ1) is 27.3. The molecule has 5 aliphatic rings. The summed E-state index contributed by atoms with van der Waals surface area (Å²) in [6.07, 6.45) is 16.1. The molecule has 5 atom stereocenters. The average Bonchev–Trinajstić information content (AvgIpc) is 3.58. The molecule has 8 nitrogen and oxygen atoms in total. The smallest absolute Gasteiger partial charge is 0.246 e. The number of nitrogens with zero attached hydrogens (tertiary/aromatic N) is 1. The first-order valence-electron chi connectivity index (χ1n) is 15.6. The lowest BCUT2D eigenvalue weighted by molar-refractivity contribution is -0.144. The van der Waals surface area contributed by atoms with Crippen LogP contribution in [0, 0.1) is 11.8 Å². The second-order valence-corrected chi connectivity index (χ2v) is 12.2. The minimum atomic E-state index is -1.11. The molecule has 3 heterocycles. The van der Waals surface area contributed by atoms with Crippen LogP contribution in [0.5, 0.6) is 5.75 Å². The van der Waals surface area contributed by atoms with Crippen LogP contribution in [-0.4, -0.2) is 59.1 Å². The quantitative estimate of drug-likeness (QED) is 0.479. The van der Waals surface area contributed by atoms with Crippen molar-refractivity contribution in [2.45, 2.75) is 114 Å². The topological polar surface area (TPSA) is 97.0 Å². The largest absolute Gasteiger partial charge is 0.494 e. The fourth-order valence-corrected chi connectivity index (χ4v) is 7.87. The fraction of sp³-hybridized carbons (Fsp3) is 0.656. The van der Waals surface area contributed by atoms with Gasteiger partial charge in [0.05, 0.1) is 24.5 Å². The van der Waals surface area contributed by atoms with Gasteiger partial charge in [0, 0.05) is 17.8 Å². The monoisotopic (exact) mass is 549 g/mol. The number of anilines is 1. The highest BCUT2D eigenvalue weighted by Crippen LogP contribution is 2.56. The lowest BCUT2D eigenvalue weighted by Crippen LogP contribution is -2.58. The lowest BCUT2D eigenvalue weighted by atomic mass is 9.74. The highest BCUT2D eigenvalue weighted by Gasteiger charge is 2.73. The van der Waals surface area contributed by atoms with Crippen molar-refractivity contribution >= 4 is 23.4 Å². The summed E-state index contributed by atoms with van der Waals surface area (Å²) in [5.41, 5.74) is -0.466. The number of rotatable bonds is 7. The molecule has 2 N–H and O–H groups in total. The van der Waals surface area contributed by atoms with Gasteiger partial charge in [-0.3, -0.25) is 14.4 Å². The molecule has 1 aromatic carbocycles. The molecule has 0 unspecified atom stereocenters. The van der Waals surface area contributed by atoms with Gasteiger partial charge in [-0.15, -0.1) is 0 Å². The maximum absolute atomic E-state index is 14.4. The van der Waals surface area contributed by atoms with E-state index in [1.54, 1.807) is 12.1 Å². The highest BCUT2D eigenvalue weighted by molar-refractivity contribution is 6.03. The van der Waals surface area contributed by atoms with E-state index < -0.39 is 29.6 Å². The van der Waals surface area contributed by atoms with E-state index in [0.717, 1.165) is 70.0 Å². The normalized spacial score (nSPS) is 32.4. The van der Waals surface area contributed by atoms with E-state index in [0.29, 0.717) is 12.3 Å². The molecular weight excluding hydrogens is 506 g/mol. The Morgan fingerprint density at radius 1 is 0.950 bits per heavy atom. The van der Waals surface area contributed by atoms with Gasteiger partial charge in [-0.25, -0.2) is 0 Å². The molecule has 6 rings (SSSR count). The number of hydrogen-bond donors (Lipinski definition) is 2. The number of likely N-dealkylation sites (tertiary alicyclic amines) is 1. The predicted octanol–water partition coefficient (Wildman–Crippen LogP) is 4.74. The van der Waals surface area contributed by atoms with Crippen molar-refractivity contribution in [2.24, 2.45) is 11.8 Å². The Hall–Kier alpha value is -2.87. The molecule has 2 saturated carbocycles. The molecule has 2 saturated heterocycles. The van der Waals surface area contributed by atoms with E-state index in [-0.39, 0.29) is 29.8 Å². The summed E-state index contributed by atoms with van der Waals surface area (Å²) in [5.74, 6) is -1.14. The molecule has 216 valence electrons. The molecule has 1 spiro atoms. The molecule has 0 radical (unpaired) electrons. The summed E-state index contributed by atoms with van der Waals surface area (Å²) in [6, 6.07) is 6.62. The van der Waals surface area contributed by atoms with Gasteiger partial charge >= 0.3 is 0 Å². The van der Waals surface area contributed by atoms with Crippen molar-refractivity contribution < 1.29 is 23.9 Å². The Balaban J connectivity index is 1.29. The minimum absolute atomic E-state index is 0.0132. The van der Waals surface area contributed by atoms with Gasteiger partial charge in [-0.2, -0.15) is 0 Å². The zero-order valence-corrected chi connectivity index (χ0v) is 23.6. The fourth-order valence-electron chi connectivity index (χ4n) is 7.87. The van der Waals surface area contributed by atoms with Crippen LogP contribution in [0.25, 0.3) is 0 Å². The van der Waals surface area contributed by atoms with Gasteiger partial charge in [0.25, 0.3) is 0 Å². The molecule has 3 amide bonds. The third-order valence-electron chi connectivity index (χ3n) is 9.72. The van der Waals surface area contributed by atoms with Crippen LogP contribution in [0.2, 0.25) is 0 Å². The van der Waals surface area contributed by atoms with Gasteiger partial charge in [0.15, 0.2) is 0 Å². The van der Waals surface area contributed by atoms with E-state index >= 15 is 0 Å². The second-order valence-electron chi connectivity index (χ2n) is 12.2. The molecule has 3 aliphatic heterocycles. The number of carbonyl (C=O) groups is 3. The van der Waals surface area contributed by atoms with Crippen LogP contribution in [0.15, 0.2) is 36.4 Å². The van der Waals surface area contributed by atoms with Crippen LogP contribution in [0.1, 0.15) is 84.0 Å². The SMILES string of the molecule is CCOc1ccc(NC(=O)[C@@H]2[C@@H]3C=C[C@]4(O3)[C@@H]2C(=O)N(C2CCCCCCC2)[C@@H]4C(=O)NC2CCCCC2)cc1. The van der Waals surface area contributed by atoms with E-state index in [4.69, 9.17) is 9.47 Å². The summed E-state index contributed by atoms with van der Waals surface area (Å²) < 4.78 is 12.1. The third kappa shape index (κ3) is 4.93. The van der Waals surface area contributed by atoms with Crippen LogP contribution >= 0.6 is 0 Å². The molecule has 8 heteroatoms. The van der Waals surface area contributed by atoms with Gasteiger partial charge in [0.2, 0.25) is 17.7 Å². The van der Waals surface area contributed by atoms with Crippen molar-refractivity contribution in [3.05, 3.63) is 36.4 Å². The Kier molecular flexibility index (Phi) is 7.89. The lowest BCUT2D eigenvalue weighted by Gasteiger charge is -2.38. The van der Waals surface area contributed by atoms with Gasteiger partial charge in [-0.05, 0) is 56.9 Å². The molecule has 2 aliphatic carbocycles. The minimum Gasteiger partial charge on any atom is -0.494 e. The number of nitrogens with one attached hydrogen (secondary N) is 2. The average molecular weight is 550 g/mol. The standard InChI is InChI=1S/C32H43N3O5/c1-2-39-24-17-15-22(16-18-24)33-29(36)26-25-19-20-32(40-25)27(26)31(38)35(23-13-9-4-3-5-10-14-23)28(32)30(37)34-21-11-7-6-8-12-21/h15-21,23,25-28H,2-14H2,1H3,(H,33,36)(H,34,37)/t25-,26+,27-,28+,32-/m0/s1. The number of fused-ring (bicyclic) bond motifs is 1. The first-order chi connectivity index (χ1) is 19.5. The summed E-state index contributed by atoms with van der Waals surface area (Å²) in [7, 11) is 0. The van der Waals surface area contributed by atoms with E-state index in [1.807, 2.05) is 36.1 Å². The van der Waals surface area contributed by atoms with Crippen LogP contribution in [-0.2, 0) is 19.1 Å². The second kappa shape index (κ2) is 11.6. The third-order valence-corrected chi connectivity index (χ3v) is 9.72. The Bertz CT molecular complexity index is 1120. The Morgan fingerprint density at radius 3 is 2.30 bits per heavy atom. The molecule has 4 fully saturated rings. The van der Waals surface area contributed by atoms with Gasteiger partial charge in [-0.1, -0.05) is 63.5 Å². The van der Waals surface area contributed by atoms with E-state index in [1.165, 1.54) is 12.8 Å².